The molecule has 0 unspecified atom stereocenters. The van der Waals surface area contributed by atoms with Crippen LogP contribution < -0.4 is 15.8 Å². The smallest absolute Gasteiger partial charge is 0.410 e. The highest BCUT2D eigenvalue weighted by Gasteiger charge is 2.44. The summed E-state index contributed by atoms with van der Waals surface area (Å²) in [6, 6.07) is 4.60. The van der Waals surface area contributed by atoms with Gasteiger partial charge in [0, 0.05) is 31.5 Å². The van der Waals surface area contributed by atoms with Gasteiger partial charge in [0.05, 0.1) is 18.5 Å². The monoisotopic (exact) mass is 417 g/mol. The molecule has 3 rings (SSSR count). The molecule has 2 heterocycles. The molecular formula is C21H27N3O6. The summed E-state index contributed by atoms with van der Waals surface area (Å²) in [7, 11) is 0. The summed E-state index contributed by atoms with van der Waals surface area (Å²) in [6.07, 6.45) is 0.830. The standard InChI is InChI=1S/C21H27N3O6/c1-20(2,3)30-19(28)24-8-6-21(7-9-24)11-15(25)14-10-13(4-5-16(14)29-21)18(27)23-12-17(22)26/h4-5,10H,6-9,11-12H2,1-3H3,(H2,22,26)(H,23,27). The van der Waals surface area contributed by atoms with E-state index in [9.17, 15) is 19.2 Å². The number of nitrogens with zero attached hydrogens (tertiary/aromatic N) is 1. The largest absolute Gasteiger partial charge is 0.486 e. The lowest BCUT2D eigenvalue weighted by Crippen LogP contribution is -2.53. The van der Waals surface area contributed by atoms with Gasteiger partial charge in [-0.05, 0) is 39.0 Å². The second kappa shape index (κ2) is 7.97. The summed E-state index contributed by atoms with van der Waals surface area (Å²) >= 11 is 0. The van der Waals surface area contributed by atoms with Crippen molar-refractivity contribution in [3.63, 3.8) is 0 Å². The molecule has 0 radical (unpaired) electrons. The van der Waals surface area contributed by atoms with Crippen molar-refractivity contribution in [1.82, 2.24) is 10.2 Å². The Labute approximate surface area is 174 Å². The van der Waals surface area contributed by atoms with Gasteiger partial charge in [-0.25, -0.2) is 4.79 Å². The number of hydrogen-bond donors (Lipinski definition) is 2. The molecule has 0 bridgehead atoms. The number of nitrogens with two attached hydrogens (primary N) is 1. The van der Waals surface area contributed by atoms with Crippen LogP contribution in [0.1, 0.15) is 60.7 Å². The number of primary amides is 1. The van der Waals surface area contributed by atoms with Gasteiger partial charge in [-0.1, -0.05) is 0 Å². The predicted octanol–water partition coefficient (Wildman–Crippen LogP) is 1.64. The van der Waals surface area contributed by atoms with E-state index in [0.29, 0.717) is 37.2 Å². The fraction of sp³-hybridized carbons (Fsp3) is 0.524. The van der Waals surface area contributed by atoms with E-state index in [1.54, 1.807) is 11.0 Å². The molecule has 0 aromatic heterocycles. The molecule has 0 aliphatic carbocycles. The minimum Gasteiger partial charge on any atom is -0.486 e. The molecule has 2 aliphatic rings. The maximum Gasteiger partial charge on any atom is 0.410 e. The van der Waals surface area contributed by atoms with Gasteiger partial charge in [0.1, 0.15) is 17.0 Å². The maximum atomic E-state index is 12.8. The summed E-state index contributed by atoms with van der Waals surface area (Å²) in [6.45, 7) is 6.05. The van der Waals surface area contributed by atoms with E-state index in [2.05, 4.69) is 5.32 Å². The van der Waals surface area contributed by atoms with Crippen molar-refractivity contribution >= 4 is 23.7 Å². The minimum absolute atomic E-state index is 0.119. The van der Waals surface area contributed by atoms with E-state index in [1.165, 1.54) is 12.1 Å². The normalized spacial score (nSPS) is 17.7. The van der Waals surface area contributed by atoms with Gasteiger partial charge in [0.2, 0.25) is 5.91 Å². The second-order valence-corrected chi connectivity index (χ2v) is 8.71. The molecule has 30 heavy (non-hydrogen) atoms. The number of Topliss-reactive ketones (excluding diaryl/α,β-unsaturated/α-hetero) is 1. The number of benzene rings is 1. The van der Waals surface area contributed by atoms with Crippen molar-refractivity contribution in [3.8, 4) is 5.75 Å². The van der Waals surface area contributed by atoms with Crippen LogP contribution in [0.25, 0.3) is 0 Å². The lowest BCUT2D eigenvalue weighted by molar-refractivity contribution is -0.117. The Hall–Kier alpha value is -3.10. The average Bonchev–Trinajstić information content (AvgIpc) is 2.65. The van der Waals surface area contributed by atoms with Crippen LogP contribution in [0.3, 0.4) is 0 Å². The lowest BCUT2D eigenvalue weighted by atomic mass is 9.82. The first-order valence-corrected chi connectivity index (χ1v) is 9.89. The molecule has 162 valence electrons. The lowest BCUT2D eigenvalue weighted by Gasteiger charge is -2.44. The molecule has 3 amide bonds. The molecule has 1 aromatic carbocycles. The summed E-state index contributed by atoms with van der Waals surface area (Å²) in [5, 5.41) is 2.39. The Morgan fingerprint density at radius 3 is 2.50 bits per heavy atom. The number of ether oxygens (including phenoxy) is 2. The van der Waals surface area contributed by atoms with Crippen LogP contribution in [0.15, 0.2) is 18.2 Å². The highest BCUT2D eigenvalue weighted by atomic mass is 16.6. The molecule has 1 spiro atoms. The number of carbonyl (C=O) groups excluding carboxylic acids is 4. The van der Waals surface area contributed by atoms with Gasteiger partial charge in [0.15, 0.2) is 5.78 Å². The van der Waals surface area contributed by atoms with E-state index < -0.39 is 23.0 Å². The van der Waals surface area contributed by atoms with E-state index in [4.69, 9.17) is 15.2 Å². The number of carbonyl (C=O) groups is 4. The minimum atomic E-state index is -0.668. The number of amides is 3. The van der Waals surface area contributed by atoms with Crippen LogP contribution in [0.5, 0.6) is 5.75 Å². The van der Waals surface area contributed by atoms with Gasteiger partial charge in [0.25, 0.3) is 5.91 Å². The van der Waals surface area contributed by atoms with Crippen LogP contribution >= 0.6 is 0 Å². The topological polar surface area (TPSA) is 128 Å². The molecule has 0 saturated carbocycles. The van der Waals surface area contributed by atoms with Crippen molar-refractivity contribution in [2.75, 3.05) is 19.6 Å². The number of piperidine rings is 1. The predicted molar refractivity (Wildman–Crippen MR) is 107 cm³/mol. The van der Waals surface area contributed by atoms with Crippen molar-refractivity contribution < 1.29 is 28.7 Å². The van der Waals surface area contributed by atoms with Crippen molar-refractivity contribution in [2.24, 2.45) is 5.73 Å². The number of hydrogen-bond acceptors (Lipinski definition) is 6. The highest BCUT2D eigenvalue weighted by Crippen LogP contribution is 2.39. The van der Waals surface area contributed by atoms with Crippen molar-refractivity contribution in [3.05, 3.63) is 29.3 Å². The third-order valence-electron chi connectivity index (χ3n) is 5.10. The van der Waals surface area contributed by atoms with E-state index in [0.717, 1.165) is 0 Å². The zero-order valence-electron chi connectivity index (χ0n) is 17.4. The van der Waals surface area contributed by atoms with Gasteiger partial charge in [-0.2, -0.15) is 0 Å². The fourth-order valence-electron chi connectivity index (χ4n) is 3.61. The number of likely N-dealkylation sites (tertiary alicyclic amines) is 1. The Kier molecular flexibility index (Phi) is 5.74. The van der Waals surface area contributed by atoms with E-state index >= 15 is 0 Å². The second-order valence-electron chi connectivity index (χ2n) is 8.71. The zero-order chi connectivity index (χ0) is 22.1. The van der Waals surface area contributed by atoms with Gasteiger partial charge in [-0.15, -0.1) is 0 Å². The zero-order valence-corrected chi connectivity index (χ0v) is 17.4. The summed E-state index contributed by atoms with van der Waals surface area (Å²) in [5.74, 6) is -0.842. The molecular weight excluding hydrogens is 390 g/mol. The summed E-state index contributed by atoms with van der Waals surface area (Å²) in [5.41, 5.74) is 4.38. The molecule has 9 heteroatoms. The quantitative estimate of drug-likeness (QED) is 0.769. The van der Waals surface area contributed by atoms with Crippen LogP contribution in [-0.4, -0.2) is 59.4 Å². The Morgan fingerprint density at radius 1 is 1.23 bits per heavy atom. The third-order valence-corrected chi connectivity index (χ3v) is 5.10. The van der Waals surface area contributed by atoms with Crippen LogP contribution in [-0.2, 0) is 9.53 Å². The summed E-state index contributed by atoms with van der Waals surface area (Å²) in [4.78, 5) is 49.7. The maximum absolute atomic E-state index is 12.8. The SMILES string of the molecule is CC(C)(C)OC(=O)N1CCC2(CC1)CC(=O)c1cc(C(=O)NCC(N)=O)ccc1O2. The highest BCUT2D eigenvalue weighted by molar-refractivity contribution is 6.04. The van der Waals surface area contributed by atoms with Crippen molar-refractivity contribution in [2.45, 2.75) is 51.2 Å². The van der Waals surface area contributed by atoms with Crippen LogP contribution in [0, 0.1) is 0 Å². The number of fused-ring (bicyclic) bond motifs is 1. The Balaban J connectivity index is 1.68. The number of nitrogens with one attached hydrogen (secondary N) is 1. The number of rotatable bonds is 3. The van der Waals surface area contributed by atoms with Crippen LogP contribution in [0.2, 0.25) is 0 Å². The summed E-state index contributed by atoms with van der Waals surface area (Å²) < 4.78 is 11.6. The molecule has 1 aromatic rings. The molecule has 1 saturated heterocycles. The first-order chi connectivity index (χ1) is 14.0. The molecule has 9 nitrogen and oxygen atoms in total. The van der Waals surface area contributed by atoms with Gasteiger partial charge >= 0.3 is 6.09 Å². The fourth-order valence-corrected chi connectivity index (χ4v) is 3.61. The first-order valence-electron chi connectivity index (χ1n) is 9.89. The molecule has 1 fully saturated rings. The van der Waals surface area contributed by atoms with Gasteiger partial charge < -0.3 is 25.4 Å². The van der Waals surface area contributed by atoms with Gasteiger partial charge in [-0.3, -0.25) is 14.4 Å². The Bertz CT molecular complexity index is 881. The van der Waals surface area contributed by atoms with E-state index in [1.807, 2.05) is 20.8 Å². The third kappa shape index (κ3) is 4.90. The first kappa shape index (κ1) is 21.6. The Morgan fingerprint density at radius 2 is 1.90 bits per heavy atom. The average molecular weight is 417 g/mol. The van der Waals surface area contributed by atoms with Crippen molar-refractivity contribution in [1.29, 1.82) is 0 Å². The number of ketones is 1. The molecule has 3 N–H and O–H groups in total. The van der Waals surface area contributed by atoms with E-state index in [-0.39, 0.29) is 30.4 Å². The molecule has 0 atom stereocenters. The van der Waals surface area contributed by atoms with Crippen LogP contribution in [0.4, 0.5) is 4.79 Å². The molecule has 2 aliphatic heterocycles.